The number of likely N-dealkylation sites (N-methyl/N-ethyl adjacent to an activating group) is 1. The lowest BCUT2D eigenvalue weighted by molar-refractivity contribution is -0.137. The van der Waals surface area contributed by atoms with Crippen molar-refractivity contribution >= 4 is 29.1 Å². The third-order valence-electron chi connectivity index (χ3n) is 10.8. The number of rotatable bonds is 5. The molecule has 4 atom stereocenters. The summed E-state index contributed by atoms with van der Waals surface area (Å²) in [6.45, 7) is 2.92. The van der Waals surface area contributed by atoms with Crippen molar-refractivity contribution in [1.82, 2.24) is 9.80 Å². The normalized spacial score (nSPS) is 25.5. The number of carbonyl (C=O) groups is 3. The Kier molecular flexibility index (Phi) is 5.79. The van der Waals surface area contributed by atoms with Crippen LogP contribution in [0, 0.1) is 0 Å². The molecule has 4 aromatic carbocycles. The summed E-state index contributed by atoms with van der Waals surface area (Å²) in [5.41, 5.74) is 4.38. The van der Waals surface area contributed by atoms with E-state index >= 15 is 4.79 Å². The first-order chi connectivity index (χ1) is 21.4. The number of imide groups is 1. The second kappa shape index (κ2) is 9.55. The van der Waals surface area contributed by atoms with Gasteiger partial charge in [0.25, 0.3) is 11.8 Å². The first kappa shape index (κ1) is 26.7. The van der Waals surface area contributed by atoms with E-state index in [-0.39, 0.29) is 36.5 Å². The maximum atomic E-state index is 15.4. The van der Waals surface area contributed by atoms with E-state index in [2.05, 4.69) is 60.6 Å². The summed E-state index contributed by atoms with van der Waals surface area (Å²) in [5, 5.41) is 3.83. The number of hydrogen-bond donors (Lipinski definition) is 1. The van der Waals surface area contributed by atoms with Gasteiger partial charge < -0.3 is 15.1 Å². The number of para-hydroxylation sites is 2. The lowest BCUT2D eigenvalue weighted by Crippen LogP contribution is -2.66. The topological polar surface area (TPSA) is 73.0 Å². The molecular formula is C37H34N4O3. The summed E-state index contributed by atoms with van der Waals surface area (Å²) < 4.78 is 0. The number of nitrogens with zero attached hydrogens (tertiary/aromatic N) is 3. The van der Waals surface area contributed by atoms with Gasteiger partial charge in [-0.25, -0.2) is 0 Å². The molecule has 0 unspecified atom stereocenters. The Hall–Kier alpha value is -4.91. The molecule has 8 rings (SSSR count). The molecule has 3 amide bonds. The van der Waals surface area contributed by atoms with E-state index in [4.69, 9.17) is 0 Å². The Morgan fingerprint density at radius 1 is 0.795 bits per heavy atom. The number of hydrogen-bond acceptors (Lipinski definition) is 5. The molecule has 44 heavy (non-hydrogen) atoms. The quantitative estimate of drug-likeness (QED) is 0.304. The Labute approximate surface area is 257 Å². The zero-order chi connectivity index (χ0) is 30.2. The fourth-order valence-corrected chi connectivity index (χ4v) is 8.73. The van der Waals surface area contributed by atoms with Crippen LogP contribution in [0.1, 0.15) is 63.2 Å². The predicted octanol–water partition coefficient (Wildman–Crippen LogP) is 5.74. The summed E-state index contributed by atoms with van der Waals surface area (Å²) in [6, 6.07) is 33.6. The van der Waals surface area contributed by atoms with Crippen molar-refractivity contribution in [3.63, 3.8) is 0 Å². The molecule has 0 saturated carbocycles. The predicted molar refractivity (Wildman–Crippen MR) is 170 cm³/mol. The highest BCUT2D eigenvalue weighted by Crippen LogP contribution is 2.64. The highest BCUT2D eigenvalue weighted by molar-refractivity contribution is 6.21. The molecule has 0 radical (unpaired) electrons. The summed E-state index contributed by atoms with van der Waals surface area (Å²) in [4.78, 5) is 48.1. The first-order valence-corrected chi connectivity index (χ1v) is 15.4. The van der Waals surface area contributed by atoms with Crippen LogP contribution in [-0.4, -0.2) is 53.8 Å². The maximum Gasteiger partial charge on any atom is 0.261 e. The van der Waals surface area contributed by atoms with Crippen molar-refractivity contribution in [3.8, 4) is 0 Å². The molecule has 1 spiro atoms. The molecule has 1 fully saturated rings. The largest absolute Gasteiger partial charge is 0.364 e. The smallest absolute Gasteiger partial charge is 0.261 e. The fourth-order valence-electron chi connectivity index (χ4n) is 8.73. The van der Waals surface area contributed by atoms with Gasteiger partial charge >= 0.3 is 0 Å². The first-order valence-electron chi connectivity index (χ1n) is 15.4. The minimum absolute atomic E-state index is 0.0975. The summed E-state index contributed by atoms with van der Waals surface area (Å²) >= 11 is 0. The molecule has 0 bridgehead atoms. The molecule has 4 aromatic rings. The van der Waals surface area contributed by atoms with Gasteiger partial charge in [0, 0.05) is 31.5 Å². The molecule has 7 heteroatoms. The zero-order valence-electron chi connectivity index (χ0n) is 24.9. The molecule has 7 nitrogen and oxygen atoms in total. The number of amides is 3. The van der Waals surface area contributed by atoms with Crippen molar-refractivity contribution in [2.24, 2.45) is 0 Å². The lowest BCUT2D eigenvalue weighted by atomic mass is 9.52. The van der Waals surface area contributed by atoms with Gasteiger partial charge in [-0.3, -0.25) is 19.3 Å². The van der Waals surface area contributed by atoms with Crippen molar-refractivity contribution in [2.75, 3.05) is 30.4 Å². The van der Waals surface area contributed by atoms with Crippen molar-refractivity contribution in [1.29, 1.82) is 0 Å². The second-order valence-electron chi connectivity index (χ2n) is 12.5. The van der Waals surface area contributed by atoms with Crippen LogP contribution in [0.15, 0.2) is 103 Å². The summed E-state index contributed by atoms with van der Waals surface area (Å²) in [5.74, 6) is -0.442. The molecule has 0 aromatic heterocycles. The third kappa shape index (κ3) is 3.29. The lowest BCUT2D eigenvalue weighted by Gasteiger charge is -2.54. The number of likely N-dealkylation sites (tertiary alicyclic amines) is 1. The fraction of sp³-hybridized carbons (Fsp3) is 0.270. The van der Waals surface area contributed by atoms with Crippen LogP contribution in [0.5, 0.6) is 0 Å². The Morgan fingerprint density at radius 2 is 1.41 bits per heavy atom. The summed E-state index contributed by atoms with van der Waals surface area (Å²) in [7, 11) is 2.08. The Bertz CT molecular complexity index is 1800. The van der Waals surface area contributed by atoms with E-state index in [1.54, 1.807) is 24.3 Å². The minimum atomic E-state index is -0.915. The van der Waals surface area contributed by atoms with E-state index in [9.17, 15) is 9.59 Å². The molecule has 1 saturated heterocycles. The van der Waals surface area contributed by atoms with Gasteiger partial charge in [-0.2, -0.15) is 0 Å². The van der Waals surface area contributed by atoms with Crippen LogP contribution in [-0.2, 0) is 15.6 Å². The summed E-state index contributed by atoms with van der Waals surface area (Å²) in [6.07, 6.45) is 0.800. The van der Waals surface area contributed by atoms with E-state index in [1.807, 2.05) is 47.4 Å². The van der Waals surface area contributed by atoms with Crippen LogP contribution < -0.4 is 10.2 Å². The van der Waals surface area contributed by atoms with E-state index in [1.165, 1.54) is 4.90 Å². The van der Waals surface area contributed by atoms with Gasteiger partial charge in [-0.1, -0.05) is 78.9 Å². The number of benzene rings is 4. The van der Waals surface area contributed by atoms with Crippen molar-refractivity contribution in [2.45, 2.75) is 42.8 Å². The van der Waals surface area contributed by atoms with Crippen LogP contribution in [0.3, 0.4) is 0 Å². The number of carbonyl (C=O) groups excluding carboxylic acids is 3. The van der Waals surface area contributed by atoms with Crippen molar-refractivity contribution < 1.29 is 14.4 Å². The molecular weight excluding hydrogens is 548 g/mol. The van der Waals surface area contributed by atoms with Gasteiger partial charge in [0.1, 0.15) is 6.17 Å². The van der Waals surface area contributed by atoms with E-state index in [0.717, 1.165) is 28.1 Å². The Morgan fingerprint density at radius 3 is 2.14 bits per heavy atom. The highest BCUT2D eigenvalue weighted by atomic mass is 16.2. The second-order valence-corrected chi connectivity index (χ2v) is 12.5. The molecule has 4 heterocycles. The molecule has 4 aliphatic heterocycles. The number of nitrogens with one attached hydrogen (secondary N) is 1. The minimum Gasteiger partial charge on any atom is -0.364 e. The number of anilines is 2. The van der Waals surface area contributed by atoms with E-state index in [0.29, 0.717) is 30.5 Å². The zero-order valence-corrected chi connectivity index (χ0v) is 24.9. The van der Waals surface area contributed by atoms with E-state index < -0.39 is 10.8 Å². The maximum absolute atomic E-state index is 15.4. The number of fused-ring (bicyclic) bond motifs is 7. The van der Waals surface area contributed by atoms with Crippen molar-refractivity contribution in [3.05, 3.63) is 131 Å². The Balaban J connectivity index is 1.30. The van der Waals surface area contributed by atoms with Crippen LogP contribution in [0.2, 0.25) is 0 Å². The van der Waals surface area contributed by atoms with Gasteiger partial charge in [0.05, 0.1) is 28.0 Å². The van der Waals surface area contributed by atoms with Gasteiger partial charge in [0.2, 0.25) is 5.91 Å². The molecule has 0 aliphatic carbocycles. The average Bonchev–Trinajstić information content (AvgIpc) is 3.63. The SMILES string of the molecule is C[C@@H](c1ccccc1)N1CC[C@@]2(C1=O)c1ccccc1N[C@H]1N(C)c3ccccc3[C@]12CCN1C(=O)c2ccccc2C1=O. The highest BCUT2D eigenvalue weighted by Gasteiger charge is 2.71. The standard InChI is InChI=1S/C37H34N4O3/c1-24(25-12-4-3-5-13-25)40-22-21-37(35(40)44)28-16-8-10-18-30(28)38-34-36(37,29-17-9-11-19-31(29)39(34)2)20-23-41-32(42)26-14-6-7-15-27(26)33(41)43/h3-19,24,34,38H,20-23H2,1-2H3/t24-,34-,36+,37-/m0/s1. The monoisotopic (exact) mass is 582 g/mol. The van der Waals surface area contributed by atoms with Gasteiger partial charge in [-0.15, -0.1) is 0 Å². The van der Waals surface area contributed by atoms with Gasteiger partial charge in [-0.05, 0) is 60.7 Å². The third-order valence-corrected chi connectivity index (χ3v) is 10.8. The van der Waals surface area contributed by atoms with Crippen LogP contribution in [0.25, 0.3) is 0 Å². The van der Waals surface area contributed by atoms with Gasteiger partial charge in [0.15, 0.2) is 0 Å². The molecule has 220 valence electrons. The van der Waals surface area contributed by atoms with Crippen LogP contribution >= 0.6 is 0 Å². The molecule has 1 N–H and O–H groups in total. The van der Waals surface area contributed by atoms with Crippen LogP contribution in [0.4, 0.5) is 11.4 Å². The average molecular weight is 583 g/mol. The molecule has 4 aliphatic rings.